The summed E-state index contributed by atoms with van der Waals surface area (Å²) in [5.41, 5.74) is 0.910. The maximum atomic E-state index is 14.1. The van der Waals surface area contributed by atoms with E-state index in [4.69, 9.17) is 0 Å². The number of carbonyl (C=O) groups excluding carboxylic acids is 4. The number of hydrogen-bond donors (Lipinski definition) is 2. The molecule has 10 nitrogen and oxygen atoms in total. The van der Waals surface area contributed by atoms with Crippen molar-refractivity contribution < 1.29 is 19.2 Å². The summed E-state index contributed by atoms with van der Waals surface area (Å²) in [7, 11) is 1.75. The molecule has 1 aromatic rings. The molecule has 4 atom stereocenters. The Labute approximate surface area is 270 Å². The van der Waals surface area contributed by atoms with E-state index in [1.54, 1.807) is 36.2 Å². The Morgan fingerprint density at radius 3 is 2.22 bits per heavy atom. The van der Waals surface area contributed by atoms with Gasteiger partial charge < -0.3 is 20.4 Å². The number of likely N-dealkylation sites (N-methyl/N-ethyl adjacent to an activating group) is 1. The molecule has 3 heterocycles. The number of nitrogens with one attached hydrogen (secondary N) is 2. The fourth-order valence-corrected chi connectivity index (χ4v) is 6.49. The van der Waals surface area contributed by atoms with E-state index in [9.17, 15) is 19.2 Å². The molecule has 2 aliphatic heterocycles. The van der Waals surface area contributed by atoms with Crippen molar-refractivity contribution in [2.45, 2.75) is 124 Å². The van der Waals surface area contributed by atoms with Crippen LogP contribution in [0.2, 0.25) is 0 Å². The SMILES string of the molecule is C/C(=C\[C@H](C(C)C)N(C)C(=O)[C@@H](NC(=O)[C@H]1CCCCN1C(C)C)C(C)(C)C)C(=O)N1CCC[C@H]1C(=O)NCc1ccncc1. The molecule has 0 unspecified atom stereocenters. The van der Waals surface area contributed by atoms with Gasteiger partial charge in [0, 0.05) is 44.1 Å². The average molecular weight is 625 g/mol. The number of piperidine rings is 1. The molecule has 10 heteroatoms. The topological polar surface area (TPSA) is 115 Å². The van der Waals surface area contributed by atoms with Gasteiger partial charge in [-0.05, 0) is 82.0 Å². The van der Waals surface area contributed by atoms with Gasteiger partial charge in [-0.2, -0.15) is 0 Å². The summed E-state index contributed by atoms with van der Waals surface area (Å²) in [5, 5.41) is 6.09. The predicted molar refractivity (Wildman–Crippen MR) is 177 cm³/mol. The van der Waals surface area contributed by atoms with E-state index < -0.39 is 17.5 Å². The van der Waals surface area contributed by atoms with Crippen LogP contribution < -0.4 is 10.6 Å². The minimum atomic E-state index is -0.733. The van der Waals surface area contributed by atoms with Gasteiger partial charge in [0.05, 0.1) is 12.1 Å². The molecule has 0 radical (unpaired) electrons. The minimum absolute atomic E-state index is 0.00540. The molecule has 2 N–H and O–H groups in total. The van der Waals surface area contributed by atoms with Crippen molar-refractivity contribution >= 4 is 23.6 Å². The first-order chi connectivity index (χ1) is 21.1. The molecule has 2 aliphatic rings. The van der Waals surface area contributed by atoms with Crippen molar-refractivity contribution in [3.8, 4) is 0 Å². The van der Waals surface area contributed by atoms with Crippen LogP contribution in [0, 0.1) is 11.3 Å². The van der Waals surface area contributed by atoms with Crippen molar-refractivity contribution in [3.63, 3.8) is 0 Å². The largest absolute Gasteiger partial charge is 0.350 e. The van der Waals surface area contributed by atoms with Crippen LogP contribution in [0.25, 0.3) is 0 Å². The molecule has 0 aliphatic carbocycles. The average Bonchev–Trinajstić information content (AvgIpc) is 3.50. The van der Waals surface area contributed by atoms with E-state index in [2.05, 4.69) is 34.4 Å². The molecule has 0 saturated carbocycles. The Balaban J connectivity index is 1.75. The Bertz CT molecular complexity index is 1210. The lowest BCUT2D eigenvalue weighted by atomic mass is 9.84. The lowest BCUT2D eigenvalue weighted by Gasteiger charge is -2.41. The Kier molecular flexibility index (Phi) is 12.7. The summed E-state index contributed by atoms with van der Waals surface area (Å²) in [6, 6.07) is 2.03. The Morgan fingerprint density at radius 2 is 1.62 bits per heavy atom. The quantitative estimate of drug-likeness (QED) is 0.361. The van der Waals surface area contributed by atoms with Gasteiger partial charge in [0.1, 0.15) is 12.1 Å². The van der Waals surface area contributed by atoms with Crippen molar-refractivity contribution in [1.82, 2.24) is 30.3 Å². The smallest absolute Gasteiger partial charge is 0.249 e. The zero-order valence-electron chi connectivity index (χ0n) is 28.9. The van der Waals surface area contributed by atoms with E-state index in [1.165, 1.54) is 0 Å². The van der Waals surface area contributed by atoms with E-state index in [1.807, 2.05) is 52.8 Å². The Morgan fingerprint density at radius 1 is 0.978 bits per heavy atom. The second-order valence-corrected chi connectivity index (χ2v) is 14.4. The first kappa shape index (κ1) is 36.2. The molecule has 0 spiro atoms. The highest BCUT2D eigenvalue weighted by molar-refractivity contribution is 5.97. The second-order valence-electron chi connectivity index (χ2n) is 14.4. The van der Waals surface area contributed by atoms with Gasteiger partial charge >= 0.3 is 0 Å². The number of pyridine rings is 1. The van der Waals surface area contributed by atoms with Gasteiger partial charge in [0.25, 0.3) is 0 Å². The van der Waals surface area contributed by atoms with Crippen molar-refractivity contribution in [1.29, 1.82) is 0 Å². The highest BCUT2D eigenvalue weighted by atomic mass is 16.2. The van der Waals surface area contributed by atoms with Gasteiger partial charge in [0.15, 0.2) is 0 Å². The fraction of sp³-hybridized carbons (Fsp3) is 0.686. The summed E-state index contributed by atoms with van der Waals surface area (Å²) < 4.78 is 0. The van der Waals surface area contributed by atoms with Crippen LogP contribution in [0.3, 0.4) is 0 Å². The normalized spacial score (nSPS) is 21.0. The number of nitrogens with zero attached hydrogens (tertiary/aromatic N) is 4. The van der Waals surface area contributed by atoms with Gasteiger partial charge in [-0.25, -0.2) is 0 Å². The fourth-order valence-electron chi connectivity index (χ4n) is 6.49. The zero-order chi connectivity index (χ0) is 33.5. The highest BCUT2D eigenvalue weighted by Gasteiger charge is 2.40. The molecule has 0 bridgehead atoms. The summed E-state index contributed by atoms with van der Waals surface area (Å²) in [5.74, 6) is -0.653. The van der Waals surface area contributed by atoms with Crippen LogP contribution in [0.1, 0.15) is 93.1 Å². The highest BCUT2D eigenvalue weighted by Crippen LogP contribution is 2.27. The standard InChI is InChI=1S/C35H56N6O4/c1-23(2)29(21-25(5)33(44)41-20-12-14-27(41)31(42)37-22-26-15-17-36-18-16-26)39(9)34(45)30(35(6,7)8)38-32(43)28-13-10-11-19-40(28)24(3)4/h15-18,21,23-24,27-30H,10-14,19-20,22H2,1-9H3,(H,37,42)(H,38,43)/b25-21+/t27-,28+,29+,30+/m0/s1. The van der Waals surface area contributed by atoms with Crippen LogP contribution >= 0.6 is 0 Å². The third-order valence-corrected chi connectivity index (χ3v) is 9.18. The zero-order valence-corrected chi connectivity index (χ0v) is 28.9. The molecule has 0 aromatic carbocycles. The van der Waals surface area contributed by atoms with Gasteiger partial charge in [-0.15, -0.1) is 0 Å². The van der Waals surface area contributed by atoms with Crippen molar-refractivity contribution in [2.24, 2.45) is 11.3 Å². The van der Waals surface area contributed by atoms with Crippen molar-refractivity contribution in [2.75, 3.05) is 20.1 Å². The lowest BCUT2D eigenvalue weighted by molar-refractivity contribution is -0.142. The molecule has 2 saturated heterocycles. The third kappa shape index (κ3) is 9.37. The van der Waals surface area contributed by atoms with E-state index in [0.29, 0.717) is 25.1 Å². The maximum Gasteiger partial charge on any atom is 0.249 e. The molecule has 4 amide bonds. The Hall–Kier alpha value is -3.27. The van der Waals surface area contributed by atoms with Crippen molar-refractivity contribution in [3.05, 3.63) is 41.7 Å². The van der Waals surface area contributed by atoms with Crippen LogP contribution in [0.4, 0.5) is 0 Å². The molecule has 45 heavy (non-hydrogen) atoms. The first-order valence-corrected chi connectivity index (χ1v) is 16.6. The maximum absolute atomic E-state index is 14.1. The van der Waals surface area contributed by atoms with E-state index in [-0.39, 0.29) is 47.7 Å². The summed E-state index contributed by atoms with van der Waals surface area (Å²) >= 11 is 0. The monoisotopic (exact) mass is 624 g/mol. The molecule has 3 rings (SSSR count). The van der Waals surface area contributed by atoms with E-state index >= 15 is 0 Å². The second kappa shape index (κ2) is 15.8. The molecule has 250 valence electrons. The predicted octanol–water partition coefficient (Wildman–Crippen LogP) is 3.91. The minimum Gasteiger partial charge on any atom is -0.350 e. The number of amides is 4. The summed E-state index contributed by atoms with van der Waals surface area (Å²) in [6.45, 7) is 17.6. The number of carbonyl (C=O) groups is 4. The summed E-state index contributed by atoms with van der Waals surface area (Å²) in [4.78, 5) is 64.1. The summed E-state index contributed by atoms with van der Waals surface area (Å²) in [6.07, 6.45) is 9.41. The number of aromatic nitrogens is 1. The molecule has 1 aromatic heterocycles. The molecular weight excluding hydrogens is 568 g/mol. The van der Waals surface area contributed by atoms with Crippen LogP contribution in [0.5, 0.6) is 0 Å². The first-order valence-electron chi connectivity index (χ1n) is 16.6. The van der Waals surface area contributed by atoms with Crippen LogP contribution in [0.15, 0.2) is 36.2 Å². The van der Waals surface area contributed by atoms with Gasteiger partial charge in [-0.3, -0.25) is 29.1 Å². The third-order valence-electron chi connectivity index (χ3n) is 9.18. The van der Waals surface area contributed by atoms with Crippen LogP contribution in [-0.4, -0.2) is 93.7 Å². The van der Waals surface area contributed by atoms with Gasteiger partial charge in [0.2, 0.25) is 23.6 Å². The number of rotatable bonds is 11. The van der Waals surface area contributed by atoms with E-state index in [0.717, 1.165) is 37.8 Å². The van der Waals surface area contributed by atoms with Gasteiger partial charge in [-0.1, -0.05) is 47.1 Å². The number of hydrogen-bond acceptors (Lipinski definition) is 6. The molecular formula is C35H56N6O4. The molecule has 2 fully saturated rings. The van der Waals surface area contributed by atoms with Crippen LogP contribution in [-0.2, 0) is 25.7 Å². The lowest BCUT2D eigenvalue weighted by Crippen LogP contribution is -2.60. The number of likely N-dealkylation sites (tertiary alicyclic amines) is 2.